The van der Waals surface area contributed by atoms with E-state index in [4.69, 9.17) is 4.74 Å². The highest BCUT2D eigenvalue weighted by Gasteiger charge is 2.12. The molecule has 0 aliphatic heterocycles. The standard InChI is InChI=1S/C14H11F3O2/c1-8(18)11-6-9(15)2-5-14(11)19-10-3-4-12(16)13(17)7-10/h2-8,18H,1H3. The fourth-order valence-corrected chi connectivity index (χ4v) is 1.61. The van der Waals surface area contributed by atoms with Crippen LogP contribution in [0.3, 0.4) is 0 Å². The van der Waals surface area contributed by atoms with Crippen LogP contribution in [0.25, 0.3) is 0 Å². The highest BCUT2D eigenvalue weighted by Crippen LogP contribution is 2.30. The molecule has 0 fully saturated rings. The largest absolute Gasteiger partial charge is 0.457 e. The van der Waals surface area contributed by atoms with Gasteiger partial charge in [0, 0.05) is 11.6 Å². The highest BCUT2D eigenvalue weighted by molar-refractivity contribution is 5.39. The molecule has 5 heteroatoms. The fraction of sp³-hybridized carbons (Fsp3) is 0.143. The van der Waals surface area contributed by atoms with Crippen molar-refractivity contribution in [1.29, 1.82) is 0 Å². The van der Waals surface area contributed by atoms with Crippen LogP contribution in [-0.4, -0.2) is 5.11 Å². The van der Waals surface area contributed by atoms with Gasteiger partial charge in [0.2, 0.25) is 0 Å². The zero-order valence-corrected chi connectivity index (χ0v) is 10.0. The molecule has 1 atom stereocenters. The molecule has 1 unspecified atom stereocenters. The fourth-order valence-electron chi connectivity index (χ4n) is 1.61. The summed E-state index contributed by atoms with van der Waals surface area (Å²) in [6, 6.07) is 6.65. The molecular formula is C14H11F3O2. The molecule has 0 spiro atoms. The zero-order valence-electron chi connectivity index (χ0n) is 10.0. The number of hydrogen-bond donors (Lipinski definition) is 1. The van der Waals surface area contributed by atoms with E-state index in [-0.39, 0.29) is 17.1 Å². The Bertz CT molecular complexity index is 597. The van der Waals surface area contributed by atoms with Crippen LogP contribution in [0.15, 0.2) is 36.4 Å². The van der Waals surface area contributed by atoms with Gasteiger partial charge in [0.1, 0.15) is 17.3 Å². The smallest absolute Gasteiger partial charge is 0.162 e. The number of halogens is 3. The lowest BCUT2D eigenvalue weighted by molar-refractivity contribution is 0.195. The summed E-state index contributed by atoms with van der Waals surface area (Å²) in [6.45, 7) is 1.45. The Morgan fingerprint density at radius 2 is 1.74 bits per heavy atom. The van der Waals surface area contributed by atoms with Crippen molar-refractivity contribution in [3.8, 4) is 11.5 Å². The molecule has 2 rings (SSSR count). The van der Waals surface area contributed by atoms with Crippen molar-refractivity contribution in [3.05, 3.63) is 59.4 Å². The summed E-state index contributed by atoms with van der Waals surface area (Å²) in [6.07, 6.45) is -0.948. The Hall–Kier alpha value is -2.01. The molecular weight excluding hydrogens is 257 g/mol. The second kappa shape index (κ2) is 5.32. The van der Waals surface area contributed by atoms with Crippen LogP contribution >= 0.6 is 0 Å². The normalized spacial score (nSPS) is 12.3. The molecule has 0 saturated heterocycles. The van der Waals surface area contributed by atoms with Gasteiger partial charge in [0.25, 0.3) is 0 Å². The van der Waals surface area contributed by atoms with E-state index in [9.17, 15) is 18.3 Å². The molecule has 0 heterocycles. The van der Waals surface area contributed by atoms with Crippen molar-refractivity contribution in [3.63, 3.8) is 0 Å². The van der Waals surface area contributed by atoms with Crippen LogP contribution in [0.4, 0.5) is 13.2 Å². The molecule has 0 amide bonds. The number of ether oxygens (including phenoxy) is 1. The molecule has 0 aliphatic carbocycles. The van der Waals surface area contributed by atoms with Gasteiger partial charge in [-0.1, -0.05) is 0 Å². The van der Waals surface area contributed by atoms with E-state index >= 15 is 0 Å². The number of benzene rings is 2. The first-order valence-corrected chi connectivity index (χ1v) is 5.58. The Balaban J connectivity index is 2.35. The number of aliphatic hydroxyl groups is 1. The maximum atomic E-state index is 13.1. The van der Waals surface area contributed by atoms with E-state index in [1.807, 2.05) is 0 Å². The van der Waals surface area contributed by atoms with Gasteiger partial charge in [0.15, 0.2) is 11.6 Å². The van der Waals surface area contributed by atoms with E-state index in [2.05, 4.69) is 0 Å². The van der Waals surface area contributed by atoms with E-state index in [0.717, 1.165) is 24.3 Å². The number of hydrogen-bond acceptors (Lipinski definition) is 2. The number of aliphatic hydroxyl groups excluding tert-OH is 1. The first-order chi connectivity index (χ1) is 8.97. The SMILES string of the molecule is CC(O)c1cc(F)ccc1Oc1ccc(F)c(F)c1. The molecule has 0 bridgehead atoms. The summed E-state index contributed by atoms with van der Waals surface area (Å²) in [4.78, 5) is 0. The molecule has 1 N–H and O–H groups in total. The highest BCUT2D eigenvalue weighted by atomic mass is 19.2. The average molecular weight is 268 g/mol. The maximum absolute atomic E-state index is 13.1. The van der Waals surface area contributed by atoms with Gasteiger partial charge in [-0.15, -0.1) is 0 Å². The molecule has 2 aromatic rings. The minimum atomic E-state index is -1.04. The van der Waals surface area contributed by atoms with Crippen molar-refractivity contribution in [2.24, 2.45) is 0 Å². The van der Waals surface area contributed by atoms with Crippen molar-refractivity contribution in [2.45, 2.75) is 13.0 Å². The molecule has 0 saturated carbocycles. The van der Waals surface area contributed by atoms with Crippen LogP contribution in [0.1, 0.15) is 18.6 Å². The van der Waals surface area contributed by atoms with Crippen molar-refractivity contribution in [1.82, 2.24) is 0 Å². The second-order valence-electron chi connectivity index (χ2n) is 4.04. The van der Waals surface area contributed by atoms with Crippen molar-refractivity contribution < 1.29 is 23.0 Å². The molecule has 100 valence electrons. The van der Waals surface area contributed by atoms with Gasteiger partial charge in [-0.25, -0.2) is 13.2 Å². The summed E-state index contributed by atoms with van der Waals surface area (Å²) in [5, 5.41) is 9.52. The Kier molecular flexibility index (Phi) is 3.76. The average Bonchev–Trinajstić information content (AvgIpc) is 2.36. The van der Waals surface area contributed by atoms with Crippen LogP contribution in [0, 0.1) is 17.5 Å². The molecule has 2 aromatic carbocycles. The number of rotatable bonds is 3. The van der Waals surface area contributed by atoms with Crippen LogP contribution < -0.4 is 4.74 Å². The van der Waals surface area contributed by atoms with Crippen LogP contribution in [0.5, 0.6) is 11.5 Å². The van der Waals surface area contributed by atoms with Crippen LogP contribution in [-0.2, 0) is 0 Å². The first kappa shape index (κ1) is 13.4. The monoisotopic (exact) mass is 268 g/mol. The van der Waals surface area contributed by atoms with Crippen molar-refractivity contribution in [2.75, 3.05) is 0 Å². The van der Waals surface area contributed by atoms with E-state index in [1.54, 1.807) is 0 Å². The molecule has 0 radical (unpaired) electrons. The third-order valence-corrected chi connectivity index (χ3v) is 2.54. The quantitative estimate of drug-likeness (QED) is 0.913. The molecule has 0 aliphatic rings. The minimum Gasteiger partial charge on any atom is -0.457 e. The van der Waals surface area contributed by atoms with E-state index in [1.165, 1.54) is 19.1 Å². The first-order valence-electron chi connectivity index (χ1n) is 5.58. The summed E-state index contributed by atoms with van der Waals surface area (Å²) >= 11 is 0. The summed E-state index contributed by atoms with van der Waals surface area (Å²) in [7, 11) is 0. The Labute approximate surface area is 108 Å². The van der Waals surface area contributed by atoms with Gasteiger partial charge in [-0.3, -0.25) is 0 Å². The predicted octanol–water partition coefficient (Wildman–Crippen LogP) is 3.95. The third kappa shape index (κ3) is 3.06. The maximum Gasteiger partial charge on any atom is 0.162 e. The Morgan fingerprint density at radius 1 is 1.00 bits per heavy atom. The lowest BCUT2D eigenvalue weighted by Gasteiger charge is -2.13. The molecule has 0 aromatic heterocycles. The lowest BCUT2D eigenvalue weighted by atomic mass is 10.1. The molecule has 2 nitrogen and oxygen atoms in total. The van der Waals surface area contributed by atoms with Crippen molar-refractivity contribution >= 4 is 0 Å². The Morgan fingerprint density at radius 3 is 2.37 bits per heavy atom. The molecule has 19 heavy (non-hydrogen) atoms. The minimum absolute atomic E-state index is 0.0624. The zero-order chi connectivity index (χ0) is 14.0. The second-order valence-corrected chi connectivity index (χ2v) is 4.04. The van der Waals surface area contributed by atoms with Crippen LogP contribution in [0.2, 0.25) is 0 Å². The van der Waals surface area contributed by atoms with Gasteiger partial charge in [-0.05, 0) is 37.3 Å². The van der Waals surface area contributed by atoms with Gasteiger partial charge >= 0.3 is 0 Å². The predicted molar refractivity (Wildman–Crippen MR) is 63.5 cm³/mol. The summed E-state index contributed by atoms with van der Waals surface area (Å²) < 4.78 is 44.2. The van der Waals surface area contributed by atoms with E-state index < -0.39 is 23.6 Å². The third-order valence-electron chi connectivity index (χ3n) is 2.54. The van der Waals surface area contributed by atoms with Gasteiger partial charge in [-0.2, -0.15) is 0 Å². The van der Waals surface area contributed by atoms with Gasteiger partial charge in [0.05, 0.1) is 6.10 Å². The van der Waals surface area contributed by atoms with Gasteiger partial charge < -0.3 is 9.84 Å². The summed E-state index contributed by atoms with van der Waals surface area (Å²) in [5.74, 6) is -2.30. The lowest BCUT2D eigenvalue weighted by Crippen LogP contribution is -1.97. The summed E-state index contributed by atoms with van der Waals surface area (Å²) in [5.41, 5.74) is 0.227. The topological polar surface area (TPSA) is 29.5 Å². The van der Waals surface area contributed by atoms with E-state index in [0.29, 0.717) is 0 Å².